The smallest absolute Gasteiger partial charge is 0.305 e. The van der Waals surface area contributed by atoms with Crippen molar-refractivity contribution in [1.82, 2.24) is 4.98 Å². The van der Waals surface area contributed by atoms with Crippen LogP contribution in [-0.4, -0.2) is 10.9 Å². The van der Waals surface area contributed by atoms with E-state index in [0.717, 1.165) is 11.6 Å². The summed E-state index contributed by atoms with van der Waals surface area (Å²) >= 11 is 0. The molecule has 0 bridgehead atoms. The highest BCUT2D eigenvalue weighted by Crippen LogP contribution is 2.45. The summed E-state index contributed by atoms with van der Waals surface area (Å²) in [7, 11) is 0. The number of carbonyl (C=O) groups is 1. The van der Waals surface area contributed by atoms with Gasteiger partial charge in [0.05, 0.1) is 6.04 Å². The van der Waals surface area contributed by atoms with Crippen LogP contribution < -0.4 is 4.90 Å². The third kappa shape index (κ3) is 4.69. The van der Waals surface area contributed by atoms with E-state index in [1.807, 2.05) is 31.2 Å². The summed E-state index contributed by atoms with van der Waals surface area (Å²) in [6.07, 6.45) is -3.91. The number of hydrogen-bond acceptors (Lipinski definition) is 2. The minimum absolute atomic E-state index is 0.169. The minimum atomic E-state index is -4.55. The lowest BCUT2D eigenvalue weighted by molar-refractivity contribution is -0.141. The maximum Gasteiger partial charge on any atom is 0.433 e. The molecule has 2 atom stereocenters. The number of amides is 1. The second-order valence-corrected chi connectivity index (χ2v) is 9.51. The van der Waals surface area contributed by atoms with Gasteiger partial charge in [-0.05, 0) is 50.1 Å². The average Bonchev–Trinajstić information content (AvgIpc) is 3.09. The number of carbonyl (C=O) groups excluding carboxylic acids is 1. The van der Waals surface area contributed by atoms with E-state index in [4.69, 9.17) is 0 Å². The summed E-state index contributed by atoms with van der Waals surface area (Å²) in [5.74, 6) is -1.06. The third-order valence-corrected chi connectivity index (χ3v) is 6.47. The second-order valence-electron chi connectivity index (χ2n) is 9.51. The van der Waals surface area contributed by atoms with E-state index < -0.39 is 35.1 Å². The standard InChI is InChI=1S/C27H26F4N2O/c1-17-11-13-19(14-12-17)33-22(20-7-4-5-8-21(20)28)15-18(25(33)34)16-26(2,3)23-9-6-10-24(32-23)27(29,30)31/h4-14,18,22H,15-16H2,1-3H3/t18-,22+/m0/s1. The number of aryl methyl sites for hydroxylation is 1. The second kappa shape index (κ2) is 8.85. The molecule has 3 nitrogen and oxygen atoms in total. The van der Waals surface area contributed by atoms with Gasteiger partial charge in [0, 0.05) is 28.3 Å². The molecule has 1 amide bonds. The third-order valence-electron chi connectivity index (χ3n) is 6.47. The number of alkyl halides is 3. The summed E-state index contributed by atoms with van der Waals surface area (Å²) < 4.78 is 54.4. The average molecular weight is 471 g/mol. The van der Waals surface area contributed by atoms with Gasteiger partial charge in [-0.1, -0.05) is 55.8 Å². The lowest BCUT2D eigenvalue weighted by atomic mass is 9.78. The Kier molecular flexibility index (Phi) is 6.23. The molecule has 2 heterocycles. The first-order valence-corrected chi connectivity index (χ1v) is 11.2. The van der Waals surface area contributed by atoms with E-state index in [9.17, 15) is 22.4 Å². The van der Waals surface area contributed by atoms with Crippen LogP contribution in [0, 0.1) is 18.7 Å². The predicted octanol–water partition coefficient (Wildman–Crippen LogP) is 7.01. The van der Waals surface area contributed by atoms with E-state index in [-0.39, 0.29) is 18.0 Å². The first-order chi connectivity index (χ1) is 16.0. The summed E-state index contributed by atoms with van der Waals surface area (Å²) in [6.45, 7) is 5.52. The van der Waals surface area contributed by atoms with Crippen molar-refractivity contribution in [2.24, 2.45) is 5.92 Å². The van der Waals surface area contributed by atoms with Gasteiger partial charge in [0.15, 0.2) is 0 Å². The SMILES string of the molecule is Cc1ccc(N2C(=O)[C@H](CC(C)(C)c3cccc(C(F)(F)F)n3)C[C@@H]2c2ccccc2F)cc1. The molecule has 1 aromatic heterocycles. The van der Waals surface area contributed by atoms with Gasteiger partial charge < -0.3 is 4.90 Å². The van der Waals surface area contributed by atoms with Crippen molar-refractivity contribution in [1.29, 1.82) is 0 Å². The zero-order valence-electron chi connectivity index (χ0n) is 19.2. The van der Waals surface area contributed by atoms with Crippen LogP contribution in [-0.2, 0) is 16.4 Å². The molecule has 0 radical (unpaired) electrons. The number of aromatic nitrogens is 1. The number of rotatable bonds is 5. The largest absolute Gasteiger partial charge is 0.433 e. The molecule has 1 saturated heterocycles. The highest BCUT2D eigenvalue weighted by Gasteiger charge is 2.44. The van der Waals surface area contributed by atoms with E-state index in [0.29, 0.717) is 17.7 Å². The van der Waals surface area contributed by atoms with Crippen molar-refractivity contribution < 1.29 is 22.4 Å². The normalized spacial score (nSPS) is 19.0. The van der Waals surface area contributed by atoms with Crippen molar-refractivity contribution in [2.45, 2.75) is 51.2 Å². The zero-order valence-corrected chi connectivity index (χ0v) is 19.2. The van der Waals surface area contributed by atoms with Gasteiger partial charge in [-0.15, -0.1) is 0 Å². The van der Waals surface area contributed by atoms with Gasteiger partial charge >= 0.3 is 6.18 Å². The van der Waals surface area contributed by atoms with Crippen LogP contribution in [0.5, 0.6) is 0 Å². The van der Waals surface area contributed by atoms with Crippen LogP contribution in [0.15, 0.2) is 66.7 Å². The molecule has 178 valence electrons. The summed E-state index contributed by atoms with van der Waals surface area (Å²) in [4.78, 5) is 19.1. The molecule has 1 aliphatic heterocycles. The molecule has 0 saturated carbocycles. The summed E-state index contributed by atoms with van der Waals surface area (Å²) in [5, 5.41) is 0. The molecular weight excluding hydrogens is 444 g/mol. The van der Waals surface area contributed by atoms with Gasteiger partial charge in [0.2, 0.25) is 5.91 Å². The fraction of sp³-hybridized carbons (Fsp3) is 0.333. The molecular formula is C27H26F4N2O. The fourth-order valence-corrected chi connectivity index (χ4v) is 4.71. The van der Waals surface area contributed by atoms with Gasteiger partial charge in [-0.25, -0.2) is 9.37 Å². The molecule has 3 aromatic rings. The molecule has 1 fully saturated rings. The van der Waals surface area contributed by atoms with Crippen LogP contribution in [0.1, 0.15) is 55.2 Å². The highest BCUT2D eigenvalue weighted by molar-refractivity contribution is 5.98. The molecule has 0 N–H and O–H groups in total. The van der Waals surface area contributed by atoms with Crippen LogP contribution in [0.4, 0.5) is 23.2 Å². The number of halogens is 4. The van der Waals surface area contributed by atoms with Crippen LogP contribution in [0.2, 0.25) is 0 Å². The maximum absolute atomic E-state index is 14.8. The Labute approximate surface area is 196 Å². The molecule has 0 spiro atoms. The van der Waals surface area contributed by atoms with Gasteiger partial charge in [0.1, 0.15) is 11.5 Å². The van der Waals surface area contributed by atoms with E-state index in [1.54, 1.807) is 43.0 Å². The number of pyridine rings is 1. The van der Waals surface area contributed by atoms with Crippen molar-refractivity contribution in [3.8, 4) is 0 Å². The lowest BCUT2D eigenvalue weighted by Gasteiger charge is -2.28. The fourth-order valence-electron chi connectivity index (χ4n) is 4.71. The Bertz CT molecular complexity index is 1190. The van der Waals surface area contributed by atoms with Gasteiger partial charge in [-0.3, -0.25) is 4.79 Å². The minimum Gasteiger partial charge on any atom is -0.305 e. The van der Waals surface area contributed by atoms with Crippen molar-refractivity contribution in [2.75, 3.05) is 4.90 Å². The molecule has 34 heavy (non-hydrogen) atoms. The first-order valence-electron chi connectivity index (χ1n) is 11.2. The molecule has 7 heteroatoms. The van der Waals surface area contributed by atoms with Crippen molar-refractivity contribution >= 4 is 11.6 Å². The summed E-state index contributed by atoms with van der Waals surface area (Å²) in [5.41, 5.74) is 0.638. The number of anilines is 1. The van der Waals surface area contributed by atoms with Crippen LogP contribution >= 0.6 is 0 Å². The Morgan fingerprint density at radius 3 is 2.24 bits per heavy atom. The maximum atomic E-state index is 14.8. The molecule has 2 aromatic carbocycles. The van der Waals surface area contributed by atoms with Crippen molar-refractivity contribution in [3.05, 3.63) is 95.1 Å². The van der Waals surface area contributed by atoms with Crippen LogP contribution in [0.25, 0.3) is 0 Å². The van der Waals surface area contributed by atoms with E-state index >= 15 is 0 Å². The van der Waals surface area contributed by atoms with Gasteiger partial charge in [0.25, 0.3) is 0 Å². The molecule has 0 unspecified atom stereocenters. The highest BCUT2D eigenvalue weighted by atomic mass is 19.4. The van der Waals surface area contributed by atoms with Gasteiger partial charge in [-0.2, -0.15) is 13.2 Å². The molecule has 1 aliphatic rings. The number of nitrogens with zero attached hydrogens (tertiary/aromatic N) is 2. The van der Waals surface area contributed by atoms with E-state index in [1.165, 1.54) is 12.1 Å². The number of hydrogen-bond donors (Lipinski definition) is 0. The summed E-state index contributed by atoms with van der Waals surface area (Å²) in [6, 6.07) is 17.2. The first kappa shape index (κ1) is 23.9. The Morgan fingerprint density at radius 2 is 1.59 bits per heavy atom. The Morgan fingerprint density at radius 1 is 0.941 bits per heavy atom. The molecule has 0 aliphatic carbocycles. The number of benzene rings is 2. The zero-order chi connectivity index (χ0) is 24.7. The topological polar surface area (TPSA) is 33.2 Å². The van der Waals surface area contributed by atoms with Crippen molar-refractivity contribution in [3.63, 3.8) is 0 Å². The lowest BCUT2D eigenvalue weighted by Crippen LogP contribution is -2.32. The Hall–Kier alpha value is -3.22. The monoisotopic (exact) mass is 470 g/mol. The molecule has 4 rings (SSSR count). The van der Waals surface area contributed by atoms with E-state index in [2.05, 4.69) is 4.98 Å². The predicted molar refractivity (Wildman–Crippen MR) is 123 cm³/mol. The van der Waals surface area contributed by atoms with Crippen LogP contribution in [0.3, 0.4) is 0 Å². The quantitative estimate of drug-likeness (QED) is 0.376. The Balaban J connectivity index is 1.68.